The average molecular weight is 439 g/mol. The van der Waals surface area contributed by atoms with Crippen LogP contribution in [-0.2, 0) is 9.59 Å². The lowest BCUT2D eigenvalue weighted by atomic mass is 9.66. The van der Waals surface area contributed by atoms with E-state index in [1.807, 2.05) is 0 Å². The predicted molar refractivity (Wildman–Crippen MR) is 89.6 cm³/mol. The molecule has 2 N–H and O–H groups in total. The summed E-state index contributed by atoms with van der Waals surface area (Å²) in [6.07, 6.45) is -0.655. The Morgan fingerprint density at radius 2 is 2.00 bits per heavy atom. The number of carbonyl (C=O) groups is 2. The van der Waals surface area contributed by atoms with Gasteiger partial charge < -0.3 is 15.3 Å². The number of aliphatic hydroxyl groups excluding tert-OH is 1. The molecule has 5 atom stereocenters. The number of likely N-dealkylation sites (tertiary alicyclic amines) is 1. The third-order valence-electron chi connectivity index (χ3n) is 6.57. The Hall–Kier alpha value is -0.830. The summed E-state index contributed by atoms with van der Waals surface area (Å²) in [4.78, 5) is 25.6. The molecule has 0 bridgehead atoms. The van der Waals surface area contributed by atoms with E-state index in [9.17, 15) is 27.9 Å². The minimum atomic E-state index is -3.00. The number of carbonyl (C=O) groups excluding carboxylic acids is 2. The van der Waals surface area contributed by atoms with E-state index >= 15 is 0 Å². The van der Waals surface area contributed by atoms with Crippen molar-refractivity contribution < 1.29 is 27.9 Å². The number of nitrogens with one attached hydrogen (secondary N) is 1. The number of hydrogen-bond acceptors (Lipinski definition) is 3. The zero-order valence-corrected chi connectivity index (χ0v) is 15.7. The Kier molecular flexibility index (Phi) is 4.34. The highest BCUT2D eigenvalue weighted by Gasteiger charge is 2.79. The molecule has 146 valence electrons. The molecule has 0 aromatic heterocycles. The van der Waals surface area contributed by atoms with Crippen LogP contribution in [0.2, 0.25) is 0 Å². The highest BCUT2D eigenvalue weighted by atomic mass is 79.9. The van der Waals surface area contributed by atoms with Crippen LogP contribution >= 0.6 is 15.9 Å². The molecule has 3 saturated carbocycles. The number of nitrogens with zero attached hydrogens (tertiary/aromatic N) is 1. The lowest BCUT2D eigenvalue weighted by molar-refractivity contribution is -0.158. The van der Waals surface area contributed by atoms with Crippen LogP contribution in [0.15, 0.2) is 0 Å². The van der Waals surface area contributed by atoms with Crippen LogP contribution in [0.3, 0.4) is 0 Å². The molecule has 1 spiro atoms. The molecule has 1 heterocycles. The van der Waals surface area contributed by atoms with Crippen molar-refractivity contribution in [1.82, 2.24) is 10.2 Å². The largest absolute Gasteiger partial charge is 0.393 e. The van der Waals surface area contributed by atoms with Gasteiger partial charge in [0, 0.05) is 35.7 Å². The summed E-state index contributed by atoms with van der Waals surface area (Å²) in [5.74, 6) is -5.60. The molecule has 0 aromatic rings. The summed E-state index contributed by atoms with van der Waals surface area (Å²) in [6, 6.07) is -0.138. The summed E-state index contributed by atoms with van der Waals surface area (Å²) in [5, 5.41) is 12.0. The van der Waals surface area contributed by atoms with Gasteiger partial charge in [0.25, 0.3) is 5.92 Å². The van der Waals surface area contributed by atoms with Gasteiger partial charge in [-0.25, -0.2) is 13.2 Å². The molecule has 0 aromatic carbocycles. The molecule has 4 rings (SSSR count). The fourth-order valence-corrected chi connectivity index (χ4v) is 5.61. The van der Waals surface area contributed by atoms with Gasteiger partial charge in [-0.1, -0.05) is 15.9 Å². The topological polar surface area (TPSA) is 69.6 Å². The molecule has 5 nitrogen and oxygen atoms in total. The molecule has 0 radical (unpaired) electrons. The Balaban J connectivity index is 1.50. The molecule has 2 amide bonds. The second-order valence-electron chi connectivity index (χ2n) is 8.29. The SMILES string of the molecule is O=C(CN1CC2(CC2(F)F)C2C(CCC(Br)C2F)C1=O)NC1CC(O)C1. The quantitative estimate of drug-likeness (QED) is 0.657. The zero-order valence-electron chi connectivity index (χ0n) is 14.1. The third-order valence-corrected chi connectivity index (χ3v) is 7.53. The molecule has 5 unspecified atom stereocenters. The lowest BCUT2D eigenvalue weighted by Gasteiger charge is -2.48. The first-order chi connectivity index (χ1) is 12.1. The van der Waals surface area contributed by atoms with Crippen molar-refractivity contribution in [1.29, 1.82) is 0 Å². The van der Waals surface area contributed by atoms with Crippen LogP contribution in [-0.4, -0.2) is 64.0 Å². The van der Waals surface area contributed by atoms with Crippen LogP contribution in [0, 0.1) is 17.3 Å². The van der Waals surface area contributed by atoms with E-state index in [2.05, 4.69) is 21.2 Å². The van der Waals surface area contributed by atoms with Gasteiger partial charge in [-0.3, -0.25) is 9.59 Å². The highest BCUT2D eigenvalue weighted by Crippen LogP contribution is 2.70. The molecule has 9 heteroatoms. The molecule has 4 aliphatic rings. The van der Waals surface area contributed by atoms with Gasteiger partial charge in [0.2, 0.25) is 11.8 Å². The smallest absolute Gasteiger partial charge is 0.256 e. The van der Waals surface area contributed by atoms with E-state index in [0.717, 1.165) is 0 Å². The fraction of sp³-hybridized carbons (Fsp3) is 0.882. The second kappa shape index (κ2) is 6.09. The number of rotatable bonds is 3. The zero-order chi connectivity index (χ0) is 18.9. The number of hydrogen-bond donors (Lipinski definition) is 2. The summed E-state index contributed by atoms with van der Waals surface area (Å²) in [6.45, 7) is -0.567. The van der Waals surface area contributed by atoms with Gasteiger partial charge >= 0.3 is 0 Å². The molecule has 1 aliphatic heterocycles. The minimum absolute atomic E-state index is 0.138. The van der Waals surface area contributed by atoms with Gasteiger partial charge in [0.1, 0.15) is 6.17 Å². The van der Waals surface area contributed by atoms with Crippen molar-refractivity contribution in [3.05, 3.63) is 0 Å². The van der Waals surface area contributed by atoms with Gasteiger partial charge in [-0.15, -0.1) is 0 Å². The van der Waals surface area contributed by atoms with Gasteiger partial charge in [-0.2, -0.15) is 0 Å². The van der Waals surface area contributed by atoms with Crippen LogP contribution in [0.25, 0.3) is 0 Å². The van der Waals surface area contributed by atoms with E-state index in [-0.39, 0.29) is 19.1 Å². The Bertz CT molecular complexity index is 630. The van der Waals surface area contributed by atoms with Crippen molar-refractivity contribution in [2.24, 2.45) is 17.3 Å². The summed E-state index contributed by atoms with van der Waals surface area (Å²) in [5.41, 5.74) is -1.55. The summed E-state index contributed by atoms with van der Waals surface area (Å²) < 4.78 is 43.3. The van der Waals surface area contributed by atoms with Crippen molar-refractivity contribution >= 4 is 27.7 Å². The average Bonchev–Trinajstić information content (AvgIpc) is 3.06. The predicted octanol–water partition coefficient (Wildman–Crippen LogP) is 1.62. The monoisotopic (exact) mass is 438 g/mol. The first kappa shape index (κ1) is 18.5. The van der Waals surface area contributed by atoms with E-state index in [0.29, 0.717) is 25.7 Å². The maximum absolute atomic E-state index is 14.8. The number of aliphatic hydroxyl groups is 1. The van der Waals surface area contributed by atoms with Gasteiger partial charge in [-0.05, 0) is 25.7 Å². The molecular weight excluding hydrogens is 417 g/mol. The van der Waals surface area contributed by atoms with Crippen LogP contribution in [0.4, 0.5) is 13.2 Å². The first-order valence-electron chi connectivity index (χ1n) is 9.07. The van der Waals surface area contributed by atoms with Crippen molar-refractivity contribution in [2.75, 3.05) is 13.1 Å². The fourth-order valence-electron chi connectivity index (χ4n) is 5.02. The summed E-state index contributed by atoms with van der Waals surface area (Å²) >= 11 is 3.22. The molecule has 26 heavy (non-hydrogen) atoms. The van der Waals surface area contributed by atoms with E-state index < -0.39 is 58.5 Å². The Morgan fingerprint density at radius 3 is 2.58 bits per heavy atom. The van der Waals surface area contributed by atoms with Crippen LogP contribution in [0.1, 0.15) is 32.1 Å². The Morgan fingerprint density at radius 1 is 1.35 bits per heavy atom. The number of fused-ring (bicyclic) bond motifs is 2. The molecule has 4 fully saturated rings. The van der Waals surface area contributed by atoms with Crippen molar-refractivity contribution in [2.45, 2.75) is 61.2 Å². The van der Waals surface area contributed by atoms with Crippen LogP contribution in [0.5, 0.6) is 0 Å². The Labute approximate surface area is 157 Å². The van der Waals surface area contributed by atoms with E-state index in [4.69, 9.17) is 0 Å². The summed E-state index contributed by atoms with van der Waals surface area (Å²) in [7, 11) is 0. The highest BCUT2D eigenvalue weighted by molar-refractivity contribution is 9.09. The number of alkyl halides is 4. The van der Waals surface area contributed by atoms with E-state index in [1.165, 1.54) is 4.90 Å². The maximum Gasteiger partial charge on any atom is 0.256 e. The lowest BCUT2D eigenvalue weighted by Crippen LogP contribution is -2.60. The molecule has 3 aliphatic carbocycles. The second-order valence-corrected chi connectivity index (χ2v) is 9.47. The normalized spacial score (nSPS) is 46.5. The molecular formula is C17H22BrF3N2O3. The maximum atomic E-state index is 14.8. The number of piperidine rings is 1. The van der Waals surface area contributed by atoms with Crippen molar-refractivity contribution in [3.63, 3.8) is 0 Å². The van der Waals surface area contributed by atoms with E-state index in [1.54, 1.807) is 0 Å². The minimum Gasteiger partial charge on any atom is -0.393 e. The molecule has 1 saturated heterocycles. The van der Waals surface area contributed by atoms with Crippen LogP contribution < -0.4 is 5.32 Å². The standard InChI is InChI=1S/C17H22BrF3N2O3/c18-11-2-1-10-13(14(11)19)16(6-17(16,20)21)7-23(15(10)26)5-12(25)22-8-3-9(24)4-8/h8-11,13-14,24H,1-7H2,(H,22,25). The van der Waals surface area contributed by atoms with Gasteiger partial charge in [0.05, 0.1) is 18.1 Å². The van der Waals surface area contributed by atoms with Gasteiger partial charge in [0.15, 0.2) is 0 Å². The van der Waals surface area contributed by atoms with Crippen molar-refractivity contribution in [3.8, 4) is 0 Å². The number of halogens is 4. The first-order valence-corrected chi connectivity index (χ1v) is 9.98. The third kappa shape index (κ3) is 2.77. The number of amides is 2.